The van der Waals surface area contributed by atoms with Crippen LogP contribution in [0.25, 0.3) is 0 Å². The lowest BCUT2D eigenvalue weighted by Crippen LogP contribution is -2.48. The first-order valence-corrected chi connectivity index (χ1v) is 19.0. The fraction of sp³-hybridized carbons (Fsp3) is 0.515. The minimum atomic E-state index is -4.13. The lowest BCUT2D eigenvalue weighted by Gasteiger charge is -2.35. The number of anilines is 1. The largest absolute Gasteiger partial charge is 0.490 e. The third kappa shape index (κ3) is 9.16. The van der Waals surface area contributed by atoms with Crippen molar-refractivity contribution < 1.29 is 45.1 Å². The second kappa shape index (κ2) is 16.0. The number of aliphatic hydroxyl groups is 1. The van der Waals surface area contributed by atoms with Crippen LogP contribution in [0.3, 0.4) is 0 Å². The van der Waals surface area contributed by atoms with E-state index < -0.39 is 49.8 Å². The summed E-state index contributed by atoms with van der Waals surface area (Å²) in [5.74, 6) is -1.14. The molecule has 4 rings (SSSR count). The molecule has 49 heavy (non-hydrogen) atoms. The van der Waals surface area contributed by atoms with Gasteiger partial charge in [-0.25, -0.2) is 21.2 Å². The van der Waals surface area contributed by atoms with Crippen LogP contribution in [-0.2, 0) is 24.8 Å². The van der Waals surface area contributed by atoms with Crippen LogP contribution in [0.1, 0.15) is 61.8 Å². The van der Waals surface area contributed by atoms with Gasteiger partial charge in [0.05, 0.1) is 35.3 Å². The van der Waals surface area contributed by atoms with E-state index in [0.29, 0.717) is 19.4 Å². The molecule has 2 heterocycles. The fourth-order valence-electron chi connectivity index (χ4n) is 5.63. The normalized spacial score (nSPS) is 20.7. The van der Waals surface area contributed by atoms with Crippen molar-refractivity contribution in [1.29, 1.82) is 0 Å². The Hall–Kier alpha value is -3.57. The number of halogens is 1. The van der Waals surface area contributed by atoms with Crippen molar-refractivity contribution in [2.24, 2.45) is 5.92 Å². The molecule has 1 aliphatic rings. The first-order valence-electron chi connectivity index (χ1n) is 16.1. The van der Waals surface area contributed by atoms with Crippen LogP contribution in [0.2, 0.25) is 0 Å². The summed E-state index contributed by atoms with van der Waals surface area (Å²) >= 11 is 0. The van der Waals surface area contributed by atoms with Crippen molar-refractivity contribution in [3.8, 4) is 5.75 Å². The highest BCUT2D eigenvalue weighted by Crippen LogP contribution is 2.30. The molecule has 4 atom stereocenters. The Labute approximate surface area is 287 Å². The molecule has 1 amide bonds. The molecule has 1 aromatic heterocycles. The highest BCUT2D eigenvalue weighted by Gasteiger charge is 2.34. The summed E-state index contributed by atoms with van der Waals surface area (Å²) in [6.07, 6.45) is 1.05. The first-order chi connectivity index (χ1) is 23.0. The van der Waals surface area contributed by atoms with Gasteiger partial charge in [0, 0.05) is 38.3 Å². The Kier molecular flexibility index (Phi) is 12.5. The molecule has 0 fully saturated rings. The molecule has 2 N–H and O–H groups in total. The Morgan fingerprint density at radius 1 is 1.10 bits per heavy atom. The summed E-state index contributed by atoms with van der Waals surface area (Å²) in [6.45, 7) is 8.44. The number of hydrogen-bond donors (Lipinski definition) is 2. The summed E-state index contributed by atoms with van der Waals surface area (Å²) in [5.41, 5.74) is 0.379. The van der Waals surface area contributed by atoms with Gasteiger partial charge in [0.15, 0.2) is 5.76 Å². The highest BCUT2D eigenvalue weighted by atomic mass is 32.2. The van der Waals surface area contributed by atoms with Crippen molar-refractivity contribution in [3.63, 3.8) is 0 Å². The Balaban J connectivity index is 1.69. The Morgan fingerprint density at radius 2 is 1.80 bits per heavy atom. The number of amides is 1. The van der Waals surface area contributed by atoms with Gasteiger partial charge in [-0.1, -0.05) is 12.1 Å². The SMILES string of the molecule is Cc1noc(C)c1S(=O)(=O)N(C)C[C@@H]1OCCCC[C@@H](C)Oc2ccc(NS(=O)(=O)c3ccc(F)cc3)cc2C(=O)N([C@@H](C)CO)C[C@H]1C. The first kappa shape index (κ1) is 38.2. The Morgan fingerprint density at radius 3 is 2.43 bits per heavy atom. The van der Waals surface area contributed by atoms with E-state index in [1.54, 1.807) is 13.8 Å². The zero-order valence-electron chi connectivity index (χ0n) is 28.5. The van der Waals surface area contributed by atoms with Crippen LogP contribution in [0.4, 0.5) is 10.1 Å². The summed E-state index contributed by atoms with van der Waals surface area (Å²) in [7, 11) is -6.67. The van der Waals surface area contributed by atoms with Gasteiger partial charge in [-0.05, 0) is 89.4 Å². The van der Waals surface area contributed by atoms with Crippen molar-refractivity contribution in [2.75, 3.05) is 38.1 Å². The maximum Gasteiger partial charge on any atom is 0.261 e. The molecule has 0 aliphatic carbocycles. The van der Waals surface area contributed by atoms with E-state index in [-0.39, 0.29) is 64.0 Å². The molecule has 16 heteroatoms. The van der Waals surface area contributed by atoms with Gasteiger partial charge in [0.25, 0.3) is 15.9 Å². The number of carbonyl (C=O) groups excluding carboxylic acids is 1. The van der Waals surface area contributed by atoms with Gasteiger partial charge >= 0.3 is 0 Å². The van der Waals surface area contributed by atoms with Crippen LogP contribution < -0.4 is 9.46 Å². The van der Waals surface area contributed by atoms with Gasteiger partial charge in [0.2, 0.25) is 10.0 Å². The van der Waals surface area contributed by atoms with E-state index >= 15 is 0 Å². The molecular weight excluding hydrogens is 680 g/mol. The summed E-state index contributed by atoms with van der Waals surface area (Å²) in [4.78, 5) is 15.6. The molecule has 0 bridgehead atoms. The number of sulfonamides is 2. The number of aryl methyl sites for hydroxylation is 2. The van der Waals surface area contributed by atoms with E-state index in [1.807, 2.05) is 13.8 Å². The molecule has 3 aromatic rings. The maximum atomic E-state index is 14.4. The minimum Gasteiger partial charge on any atom is -0.490 e. The number of ether oxygens (including phenoxy) is 2. The molecule has 0 saturated heterocycles. The van der Waals surface area contributed by atoms with Crippen LogP contribution in [0.15, 0.2) is 56.8 Å². The predicted molar refractivity (Wildman–Crippen MR) is 180 cm³/mol. The molecule has 0 unspecified atom stereocenters. The second-order valence-electron chi connectivity index (χ2n) is 12.5. The number of benzene rings is 2. The summed E-state index contributed by atoms with van der Waals surface area (Å²) in [6, 6.07) is 8.02. The van der Waals surface area contributed by atoms with Crippen molar-refractivity contribution >= 4 is 31.6 Å². The topological polar surface area (TPSA) is 169 Å². The lowest BCUT2D eigenvalue weighted by atomic mass is 10.0. The van der Waals surface area contributed by atoms with E-state index in [4.69, 9.17) is 14.0 Å². The standard InChI is InChI=1S/C33H45FN4O9S2/c1-21-18-38(22(2)20-39)33(40)29-17-27(36-48(41,42)28-13-10-26(34)11-14-28)12-15-30(29)46-23(3)9-7-8-16-45-31(21)19-37(6)49(43,44)32-24(4)35-47-25(32)5/h10-15,17,21-23,31,36,39H,7-9,16,18-20H2,1-6H3/t21-,22+,23-,31+/m1/s1. The molecule has 1 aliphatic heterocycles. The van der Waals surface area contributed by atoms with Crippen molar-refractivity contribution in [2.45, 2.75) is 81.9 Å². The van der Waals surface area contributed by atoms with Crippen LogP contribution in [0, 0.1) is 25.6 Å². The van der Waals surface area contributed by atoms with Crippen LogP contribution in [-0.4, -0.2) is 93.8 Å². The number of likely N-dealkylation sites (N-methyl/N-ethyl adjacent to an activating group) is 1. The third-order valence-electron chi connectivity index (χ3n) is 8.50. The zero-order chi connectivity index (χ0) is 36.1. The van der Waals surface area contributed by atoms with Crippen LogP contribution >= 0.6 is 0 Å². The fourth-order valence-corrected chi connectivity index (χ4v) is 8.14. The molecule has 0 saturated carbocycles. The monoisotopic (exact) mass is 724 g/mol. The number of hydrogen-bond acceptors (Lipinski definition) is 10. The van der Waals surface area contributed by atoms with E-state index in [1.165, 1.54) is 41.4 Å². The summed E-state index contributed by atoms with van der Waals surface area (Å²) in [5, 5.41) is 14.0. The van der Waals surface area contributed by atoms with E-state index in [0.717, 1.165) is 30.7 Å². The predicted octanol–water partition coefficient (Wildman–Crippen LogP) is 4.35. The van der Waals surface area contributed by atoms with Crippen molar-refractivity contribution in [1.82, 2.24) is 14.4 Å². The number of nitrogens with one attached hydrogen (secondary N) is 1. The molecule has 0 spiro atoms. The molecule has 270 valence electrons. The third-order valence-corrected chi connectivity index (χ3v) is 12.0. The average molecular weight is 725 g/mol. The molecule has 13 nitrogen and oxygen atoms in total. The Bertz CT molecular complexity index is 1800. The van der Waals surface area contributed by atoms with Crippen molar-refractivity contribution in [3.05, 3.63) is 65.3 Å². The number of aromatic nitrogens is 1. The number of fused-ring (bicyclic) bond motifs is 1. The van der Waals surface area contributed by atoms with Gasteiger partial charge < -0.3 is 24.0 Å². The van der Waals surface area contributed by atoms with E-state index in [9.17, 15) is 31.1 Å². The number of rotatable bonds is 9. The molecule has 0 radical (unpaired) electrons. The summed E-state index contributed by atoms with van der Waals surface area (Å²) < 4.78 is 88.0. The van der Waals surface area contributed by atoms with Gasteiger partial charge in [-0.2, -0.15) is 4.31 Å². The highest BCUT2D eigenvalue weighted by molar-refractivity contribution is 7.92. The second-order valence-corrected chi connectivity index (χ2v) is 16.2. The maximum absolute atomic E-state index is 14.4. The number of aliphatic hydroxyl groups excluding tert-OH is 1. The van der Waals surface area contributed by atoms with Crippen LogP contribution in [0.5, 0.6) is 5.75 Å². The lowest BCUT2D eigenvalue weighted by molar-refractivity contribution is -0.00835. The quantitative estimate of drug-likeness (QED) is 0.324. The van der Waals surface area contributed by atoms with E-state index in [2.05, 4.69) is 9.88 Å². The van der Waals surface area contributed by atoms with Gasteiger partial charge in [-0.3, -0.25) is 9.52 Å². The zero-order valence-corrected chi connectivity index (χ0v) is 30.2. The number of nitrogens with zero attached hydrogens (tertiary/aromatic N) is 3. The number of carbonyl (C=O) groups is 1. The molecule has 2 aromatic carbocycles. The minimum absolute atomic E-state index is 0.00861. The smallest absolute Gasteiger partial charge is 0.261 e. The van der Waals surface area contributed by atoms with Gasteiger partial charge in [-0.15, -0.1) is 0 Å². The molecular formula is C33H45FN4O9S2. The van der Waals surface area contributed by atoms with Gasteiger partial charge in [0.1, 0.15) is 22.2 Å². The average Bonchev–Trinajstić information content (AvgIpc) is 3.40.